The lowest BCUT2D eigenvalue weighted by atomic mass is 9.94. The first kappa shape index (κ1) is 13.9. The molecule has 1 aliphatic rings. The summed E-state index contributed by atoms with van der Waals surface area (Å²) in [6.07, 6.45) is 0.654. The minimum absolute atomic E-state index is 0.266. The second kappa shape index (κ2) is 5.48. The zero-order valence-corrected chi connectivity index (χ0v) is 12.4. The van der Waals surface area contributed by atoms with Crippen LogP contribution in [0.2, 0.25) is 0 Å². The number of hydrogen-bond acceptors (Lipinski definition) is 4. The number of aldehydes is 1. The fourth-order valence-electron chi connectivity index (χ4n) is 2.98. The molecule has 0 aliphatic carbocycles. The number of carbonyl (C=O) groups excluding carboxylic acids is 2. The van der Waals surface area contributed by atoms with Gasteiger partial charge in [-0.15, -0.1) is 0 Å². The van der Waals surface area contributed by atoms with Gasteiger partial charge in [-0.05, 0) is 28.3 Å². The summed E-state index contributed by atoms with van der Waals surface area (Å²) in [4.78, 5) is 23.3. The van der Waals surface area contributed by atoms with Crippen LogP contribution in [-0.2, 0) is 9.53 Å². The zero-order valence-electron chi connectivity index (χ0n) is 12.4. The fraction of sp³-hybridized carbons (Fsp3) is 0.158. The number of fused-ring (bicyclic) bond motifs is 2. The Morgan fingerprint density at radius 2 is 1.91 bits per heavy atom. The van der Waals surface area contributed by atoms with E-state index in [-0.39, 0.29) is 6.10 Å². The molecule has 1 atom stereocenters. The Morgan fingerprint density at radius 3 is 2.70 bits per heavy atom. The largest absolute Gasteiger partial charge is 0.382 e. The molecule has 1 heterocycles. The third kappa shape index (κ3) is 2.47. The third-order valence-electron chi connectivity index (χ3n) is 4.18. The topological polar surface area (TPSA) is 58.7 Å². The van der Waals surface area contributed by atoms with Gasteiger partial charge in [0, 0.05) is 23.2 Å². The Labute approximate surface area is 133 Å². The highest BCUT2D eigenvalue weighted by molar-refractivity contribution is 6.40. The van der Waals surface area contributed by atoms with Gasteiger partial charge in [0.25, 0.3) is 0 Å². The average molecular weight is 305 g/mol. The second-order valence-electron chi connectivity index (χ2n) is 5.69. The van der Waals surface area contributed by atoms with Gasteiger partial charge in [0.05, 0.1) is 12.7 Å². The van der Waals surface area contributed by atoms with Crippen molar-refractivity contribution in [2.24, 2.45) is 0 Å². The van der Waals surface area contributed by atoms with Gasteiger partial charge in [0.15, 0.2) is 6.29 Å². The molecule has 0 saturated carbocycles. The van der Waals surface area contributed by atoms with Crippen LogP contribution in [0.3, 0.4) is 0 Å². The van der Waals surface area contributed by atoms with E-state index in [1.807, 2.05) is 42.5 Å². The minimum atomic E-state index is -0.491. The van der Waals surface area contributed by atoms with Crippen molar-refractivity contribution >= 4 is 39.3 Å². The summed E-state index contributed by atoms with van der Waals surface area (Å²) in [6.45, 7) is 1.53. The van der Waals surface area contributed by atoms with E-state index in [2.05, 4.69) is 11.4 Å². The molecule has 0 bridgehead atoms. The summed E-state index contributed by atoms with van der Waals surface area (Å²) in [5, 5.41) is 6.86. The molecule has 0 spiro atoms. The van der Waals surface area contributed by atoms with Crippen LogP contribution in [0.5, 0.6) is 0 Å². The lowest BCUT2D eigenvalue weighted by Gasteiger charge is -2.13. The van der Waals surface area contributed by atoms with Crippen molar-refractivity contribution in [3.63, 3.8) is 0 Å². The number of ketones is 1. The number of nitrogens with one attached hydrogen (secondary N) is 1. The summed E-state index contributed by atoms with van der Waals surface area (Å²) in [6, 6.07) is 15.5. The summed E-state index contributed by atoms with van der Waals surface area (Å²) >= 11 is 0. The van der Waals surface area contributed by atoms with E-state index in [1.165, 1.54) is 0 Å². The highest BCUT2D eigenvalue weighted by atomic mass is 16.6. The van der Waals surface area contributed by atoms with Crippen LogP contribution >= 0.6 is 0 Å². The zero-order chi connectivity index (χ0) is 15.8. The second-order valence-corrected chi connectivity index (χ2v) is 5.69. The quantitative estimate of drug-likeness (QED) is 0.258. The SMILES string of the molecule is O=CC(=O)c1c2ccccc2cc2c(NCC3CO3)cccc12. The summed E-state index contributed by atoms with van der Waals surface area (Å²) in [7, 11) is 0. The molecule has 4 nitrogen and oxygen atoms in total. The Hall–Kier alpha value is -2.72. The van der Waals surface area contributed by atoms with E-state index >= 15 is 0 Å². The molecular weight excluding hydrogens is 290 g/mol. The third-order valence-corrected chi connectivity index (χ3v) is 4.18. The van der Waals surface area contributed by atoms with Crippen LogP contribution in [0.15, 0.2) is 48.5 Å². The molecule has 1 N–H and O–H groups in total. The van der Waals surface area contributed by atoms with Crippen molar-refractivity contribution in [2.45, 2.75) is 6.10 Å². The molecule has 1 aliphatic heterocycles. The number of hydrogen-bond donors (Lipinski definition) is 1. The number of carbonyl (C=O) groups is 2. The first-order chi connectivity index (χ1) is 11.3. The lowest BCUT2D eigenvalue weighted by Crippen LogP contribution is -2.08. The van der Waals surface area contributed by atoms with Crippen LogP contribution < -0.4 is 5.32 Å². The highest BCUT2D eigenvalue weighted by Gasteiger charge is 2.22. The van der Waals surface area contributed by atoms with Crippen molar-refractivity contribution in [1.82, 2.24) is 0 Å². The maximum absolute atomic E-state index is 12.2. The van der Waals surface area contributed by atoms with E-state index in [9.17, 15) is 9.59 Å². The Morgan fingerprint density at radius 1 is 1.13 bits per heavy atom. The number of Topliss-reactive ketones (excluding diaryl/α,β-unsaturated/α-hetero) is 1. The van der Waals surface area contributed by atoms with Gasteiger partial charge in [-0.25, -0.2) is 0 Å². The molecule has 3 aromatic rings. The van der Waals surface area contributed by atoms with Gasteiger partial charge < -0.3 is 10.1 Å². The van der Waals surface area contributed by atoms with E-state index in [0.717, 1.165) is 40.4 Å². The van der Waals surface area contributed by atoms with E-state index < -0.39 is 5.78 Å². The molecule has 1 saturated heterocycles. The maximum Gasteiger partial charge on any atom is 0.226 e. The molecule has 114 valence electrons. The van der Waals surface area contributed by atoms with Crippen molar-refractivity contribution in [1.29, 1.82) is 0 Å². The molecule has 0 radical (unpaired) electrons. The van der Waals surface area contributed by atoms with Gasteiger partial charge in [-0.3, -0.25) is 9.59 Å². The monoisotopic (exact) mass is 305 g/mol. The highest BCUT2D eigenvalue weighted by Crippen LogP contribution is 2.33. The van der Waals surface area contributed by atoms with Crippen LogP contribution in [0, 0.1) is 0 Å². The lowest BCUT2D eigenvalue weighted by molar-refractivity contribution is -0.104. The van der Waals surface area contributed by atoms with Crippen molar-refractivity contribution < 1.29 is 14.3 Å². The van der Waals surface area contributed by atoms with E-state index in [1.54, 1.807) is 0 Å². The van der Waals surface area contributed by atoms with Gasteiger partial charge in [-0.1, -0.05) is 36.4 Å². The first-order valence-electron chi connectivity index (χ1n) is 7.57. The molecule has 4 heteroatoms. The Kier molecular flexibility index (Phi) is 3.32. The molecule has 1 unspecified atom stereocenters. The fourth-order valence-corrected chi connectivity index (χ4v) is 2.98. The number of ether oxygens (including phenoxy) is 1. The van der Waals surface area contributed by atoms with Gasteiger partial charge >= 0.3 is 0 Å². The first-order valence-corrected chi connectivity index (χ1v) is 7.57. The van der Waals surface area contributed by atoms with Crippen molar-refractivity contribution in [2.75, 3.05) is 18.5 Å². The number of benzene rings is 3. The maximum atomic E-state index is 12.2. The standard InChI is InChI=1S/C19H15NO3/c21-10-18(22)19-14-5-2-1-4-12(14)8-16-15(19)6-3-7-17(16)20-9-13-11-23-13/h1-8,10,13,20H,9,11H2. The molecule has 0 amide bonds. The molecule has 0 aromatic heterocycles. The van der Waals surface area contributed by atoms with Crippen LogP contribution in [0.1, 0.15) is 10.4 Å². The normalized spacial score (nSPS) is 16.4. The Bertz CT molecular complexity index is 928. The number of epoxide rings is 1. The summed E-state index contributed by atoms with van der Waals surface area (Å²) < 4.78 is 5.23. The Balaban J connectivity index is 1.98. The van der Waals surface area contributed by atoms with Gasteiger partial charge in [0.2, 0.25) is 5.78 Å². The van der Waals surface area contributed by atoms with Crippen molar-refractivity contribution in [3.8, 4) is 0 Å². The van der Waals surface area contributed by atoms with E-state index in [4.69, 9.17) is 4.74 Å². The van der Waals surface area contributed by atoms with Crippen LogP contribution in [0.25, 0.3) is 21.5 Å². The summed E-state index contributed by atoms with van der Waals surface area (Å²) in [5.41, 5.74) is 1.42. The van der Waals surface area contributed by atoms with Gasteiger partial charge in [-0.2, -0.15) is 0 Å². The van der Waals surface area contributed by atoms with Gasteiger partial charge in [0.1, 0.15) is 0 Å². The smallest absolute Gasteiger partial charge is 0.226 e. The number of anilines is 1. The molecular formula is C19H15NO3. The molecule has 3 aromatic carbocycles. The van der Waals surface area contributed by atoms with E-state index in [0.29, 0.717) is 11.8 Å². The predicted molar refractivity (Wildman–Crippen MR) is 90.1 cm³/mol. The van der Waals surface area contributed by atoms with Crippen LogP contribution in [0.4, 0.5) is 5.69 Å². The predicted octanol–water partition coefficient (Wildman–Crippen LogP) is 3.19. The molecule has 4 rings (SSSR count). The number of rotatable bonds is 5. The molecule has 23 heavy (non-hydrogen) atoms. The summed E-state index contributed by atoms with van der Waals surface area (Å²) in [5.74, 6) is -0.491. The van der Waals surface area contributed by atoms with Crippen molar-refractivity contribution in [3.05, 3.63) is 54.1 Å². The molecule has 1 fully saturated rings. The average Bonchev–Trinajstić information content (AvgIpc) is 3.41. The minimum Gasteiger partial charge on any atom is -0.382 e. The van der Waals surface area contributed by atoms with Crippen LogP contribution in [-0.4, -0.2) is 31.3 Å².